The van der Waals surface area contributed by atoms with Gasteiger partial charge in [-0.3, -0.25) is 0 Å². The zero-order valence-corrected chi connectivity index (χ0v) is 41.5. The van der Waals surface area contributed by atoms with Gasteiger partial charge in [0.2, 0.25) is 0 Å². The minimum atomic E-state index is 0.413. The van der Waals surface area contributed by atoms with Crippen LogP contribution in [0.4, 0.5) is 0 Å². The smallest absolute Gasteiger partial charge is 0.104 e. The van der Waals surface area contributed by atoms with E-state index in [4.69, 9.17) is 4.98 Å². The maximum atomic E-state index is 12.1. The maximum Gasteiger partial charge on any atom is 0.104 e. The Balaban J connectivity index is 1.16. The van der Waals surface area contributed by atoms with Crippen molar-refractivity contribution >= 4 is 43.6 Å². The lowest BCUT2D eigenvalue weighted by Gasteiger charge is -2.19. The predicted molar refractivity (Wildman–Crippen MR) is 309 cm³/mol. The van der Waals surface area contributed by atoms with Crippen molar-refractivity contribution in [2.24, 2.45) is 0 Å². The molecule has 0 radical (unpaired) electrons. The highest BCUT2D eigenvalue weighted by atomic mass is 15.0. The third kappa shape index (κ3) is 7.95. The van der Waals surface area contributed by atoms with Crippen LogP contribution in [-0.2, 0) is 0 Å². The third-order valence-electron chi connectivity index (χ3n) is 14.7. The summed E-state index contributed by atoms with van der Waals surface area (Å²) < 4.78 is 4.41. The van der Waals surface area contributed by atoms with Crippen LogP contribution in [-0.4, -0.2) is 14.1 Å². The van der Waals surface area contributed by atoms with Crippen LogP contribution in [0.2, 0.25) is 0 Å². The number of hydrogen-bond donors (Lipinski definition) is 0. The van der Waals surface area contributed by atoms with Gasteiger partial charge in [-0.15, -0.1) is 0 Å². The molecule has 0 bridgehead atoms. The van der Waals surface area contributed by atoms with Gasteiger partial charge in [0.1, 0.15) is 11.6 Å². The molecule has 13 aromatic rings. The van der Waals surface area contributed by atoms with Crippen molar-refractivity contribution in [2.75, 3.05) is 0 Å². The topological polar surface area (TPSA) is 142 Å². The fraction of sp³-hybridized carbons (Fsp3) is 0. The Hall–Kier alpha value is -11.6. The van der Waals surface area contributed by atoms with Crippen molar-refractivity contribution in [1.29, 1.82) is 26.3 Å². The highest BCUT2D eigenvalue weighted by Crippen LogP contribution is 2.43. The van der Waals surface area contributed by atoms with Gasteiger partial charge in [-0.1, -0.05) is 133 Å². The molecule has 13 rings (SSSR count). The summed E-state index contributed by atoms with van der Waals surface area (Å²) in [4.78, 5) is 5.34. The van der Waals surface area contributed by atoms with E-state index in [0.29, 0.717) is 44.9 Å². The van der Waals surface area contributed by atoms with Crippen LogP contribution in [0.15, 0.2) is 231 Å². The molecule has 10 aromatic carbocycles. The largest absolute Gasteiger partial charge is 0.308 e. The van der Waals surface area contributed by atoms with E-state index in [9.17, 15) is 26.3 Å². The number of fused-ring (bicyclic) bond motifs is 6. The summed E-state index contributed by atoms with van der Waals surface area (Å²) in [5.41, 5.74) is 18.1. The maximum absolute atomic E-state index is 12.1. The molecule has 0 saturated carbocycles. The van der Waals surface area contributed by atoms with Crippen LogP contribution < -0.4 is 0 Å². The summed E-state index contributed by atoms with van der Waals surface area (Å²) in [7, 11) is 0. The van der Waals surface area contributed by atoms with Crippen molar-refractivity contribution in [3.63, 3.8) is 0 Å². The van der Waals surface area contributed by atoms with Crippen molar-refractivity contribution in [1.82, 2.24) is 14.1 Å². The molecule has 8 heteroatoms. The fourth-order valence-electron chi connectivity index (χ4n) is 10.8. The molecule has 0 atom stereocenters. The molecule has 3 aromatic heterocycles. The summed E-state index contributed by atoms with van der Waals surface area (Å²) in [6.07, 6.45) is 0. The molecule has 3 heterocycles. The van der Waals surface area contributed by atoms with E-state index in [1.807, 2.05) is 146 Å². The van der Waals surface area contributed by atoms with E-state index in [0.717, 1.165) is 105 Å². The van der Waals surface area contributed by atoms with E-state index >= 15 is 0 Å². The monoisotopic (exact) mass is 990 g/mol. The highest BCUT2D eigenvalue weighted by molar-refractivity contribution is 6.13. The summed E-state index contributed by atoms with van der Waals surface area (Å²) >= 11 is 0. The summed E-state index contributed by atoms with van der Waals surface area (Å²) in [6, 6.07) is 87.9. The predicted octanol–water partition coefficient (Wildman–Crippen LogP) is 16.6. The van der Waals surface area contributed by atoms with Crippen molar-refractivity contribution < 1.29 is 0 Å². The van der Waals surface area contributed by atoms with E-state index in [1.54, 1.807) is 0 Å². The molecule has 78 heavy (non-hydrogen) atoms. The second-order valence-corrected chi connectivity index (χ2v) is 19.1. The van der Waals surface area contributed by atoms with Gasteiger partial charge in [0.05, 0.1) is 91.4 Å². The van der Waals surface area contributed by atoms with Gasteiger partial charge >= 0.3 is 0 Å². The molecule has 0 aliphatic rings. The molecule has 0 spiro atoms. The number of rotatable bonds is 8. The Bertz CT molecular complexity index is 4310. The number of pyridine rings is 1. The van der Waals surface area contributed by atoms with Crippen LogP contribution in [0, 0.1) is 56.7 Å². The van der Waals surface area contributed by atoms with Gasteiger partial charge in [-0.2, -0.15) is 26.3 Å². The third-order valence-corrected chi connectivity index (χ3v) is 14.7. The van der Waals surface area contributed by atoms with Crippen molar-refractivity contribution in [2.45, 2.75) is 0 Å². The Morgan fingerprint density at radius 3 is 0.872 bits per heavy atom. The van der Waals surface area contributed by atoms with Gasteiger partial charge in [0.25, 0.3) is 0 Å². The van der Waals surface area contributed by atoms with Crippen LogP contribution in [0.3, 0.4) is 0 Å². The first-order valence-corrected chi connectivity index (χ1v) is 25.2. The quantitative estimate of drug-likeness (QED) is 0.148. The second kappa shape index (κ2) is 19.0. The minimum Gasteiger partial charge on any atom is -0.308 e. The van der Waals surface area contributed by atoms with E-state index in [2.05, 4.69) is 124 Å². The first-order chi connectivity index (χ1) is 38.4. The van der Waals surface area contributed by atoms with E-state index in [1.165, 1.54) is 0 Å². The lowest BCUT2D eigenvalue weighted by molar-refractivity contribution is 1.12. The zero-order chi connectivity index (χ0) is 52.9. The van der Waals surface area contributed by atoms with Gasteiger partial charge in [0, 0.05) is 32.7 Å². The Kier molecular flexibility index (Phi) is 11.3. The summed E-state index contributed by atoms with van der Waals surface area (Å²) in [5.74, 6) is 0. The Labute approximate surface area is 448 Å². The first-order valence-electron chi connectivity index (χ1n) is 25.2. The minimum absolute atomic E-state index is 0.413. The number of benzene rings is 10. The SMILES string of the molecule is N#Cc1ccc(-c2ccc3c4ccc(-c5ccc(C#N)cc5)cc4n(-c4cc(-c5cccc(-c6ccccc6)n5)cc(-n5c6cc(-c7ccc(C#N)cc7)ccc6c6ccc(-c7ccc(C#N)cc7)cc65)c4C#N)c3c2)cc1. The zero-order valence-electron chi connectivity index (χ0n) is 41.5. The molecule has 0 fully saturated rings. The number of aromatic nitrogens is 3. The van der Waals surface area contributed by atoms with Gasteiger partial charge in [-0.25, -0.2) is 4.98 Å². The molecule has 8 nitrogen and oxygen atoms in total. The van der Waals surface area contributed by atoms with Gasteiger partial charge in [-0.05, 0) is 142 Å². The first kappa shape index (κ1) is 46.2. The van der Waals surface area contributed by atoms with Crippen LogP contribution in [0.25, 0.3) is 122 Å². The normalized spacial score (nSPS) is 11.0. The molecule has 0 aliphatic carbocycles. The average Bonchev–Trinajstić information content (AvgIpc) is 4.19. The van der Waals surface area contributed by atoms with Crippen molar-refractivity contribution in [3.8, 4) is 109 Å². The molecule has 0 unspecified atom stereocenters. The molecule has 0 N–H and O–H groups in total. The standard InChI is InChI=1S/C70H38N8/c71-39-44-9-17-48(18-10-44)53-25-29-58-59-30-26-54(49-19-11-45(40-72)12-20-49)34-66(59)77(65(58)33-53)69-37-57(64-8-4-7-63(76-64)52-5-2-1-3-6-52)38-70(62(69)43-75)78-67-35-55(50-21-13-46(41-73)14-22-50)27-31-60(67)61-32-28-56(36-68(61)78)51-23-15-47(42-74)16-24-51/h1-38H. The second-order valence-electron chi connectivity index (χ2n) is 19.1. The van der Waals surface area contributed by atoms with Crippen LogP contribution >= 0.6 is 0 Å². The molecule has 0 aliphatic heterocycles. The molecule has 0 amide bonds. The molecule has 358 valence electrons. The summed E-state index contributed by atoms with van der Waals surface area (Å²) in [5, 5.41) is 54.8. The number of nitrogens with zero attached hydrogens (tertiary/aromatic N) is 8. The van der Waals surface area contributed by atoms with E-state index in [-0.39, 0.29) is 0 Å². The lowest BCUT2D eigenvalue weighted by atomic mass is 10.0. The highest BCUT2D eigenvalue weighted by Gasteiger charge is 2.25. The Morgan fingerprint density at radius 2 is 0.564 bits per heavy atom. The van der Waals surface area contributed by atoms with Gasteiger partial charge in [0.15, 0.2) is 0 Å². The van der Waals surface area contributed by atoms with Crippen LogP contribution in [0.1, 0.15) is 27.8 Å². The van der Waals surface area contributed by atoms with Gasteiger partial charge < -0.3 is 9.13 Å². The number of nitriles is 5. The van der Waals surface area contributed by atoms with Crippen molar-refractivity contribution in [3.05, 3.63) is 258 Å². The molecular weight excluding hydrogens is 953 g/mol. The number of hydrogen-bond acceptors (Lipinski definition) is 6. The van der Waals surface area contributed by atoms with E-state index < -0.39 is 0 Å². The fourth-order valence-corrected chi connectivity index (χ4v) is 10.8. The Morgan fingerprint density at radius 1 is 0.256 bits per heavy atom. The molecule has 0 saturated heterocycles. The molecular formula is C70H38N8. The average molecular weight is 991 g/mol. The summed E-state index contributed by atoms with van der Waals surface area (Å²) in [6.45, 7) is 0. The lowest BCUT2D eigenvalue weighted by Crippen LogP contribution is -2.06. The van der Waals surface area contributed by atoms with Crippen LogP contribution in [0.5, 0.6) is 0 Å².